The van der Waals surface area contributed by atoms with E-state index in [1.165, 1.54) is 22.3 Å². The zero-order valence-corrected chi connectivity index (χ0v) is 11.3. The molecule has 0 bridgehead atoms. The van der Waals surface area contributed by atoms with Crippen molar-refractivity contribution in [2.24, 2.45) is 0 Å². The summed E-state index contributed by atoms with van der Waals surface area (Å²) in [4.78, 5) is 0. The first-order valence-corrected chi connectivity index (χ1v) is 6.83. The van der Waals surface area contributed by atoms with E-state index in [-0.39, 0.29) is 0 Å². The van der Waals surface area contributed by atoms with Gasteiger partial charge in [-0.15, -0.1) is 0 Å². The summed E-state index contributed by atoms with van der Waals surface area (Å²) in [7, 11) is 0. The highest BCUT2D eigenvalue weighted by Gasteiger charge is 2.12. The van der Waals surface area contributed by atoms with Gasteiger partial charge in [-0.2, -0.15) is 0 Å². The van der Waals surface area contributed by atoms with Gasteiger partial charge in [0.25, 0.3) is 0 Å². The lowest BCUT2D eigenvalue weighted by Crippen LogP contribution is -2.25. The molecule has 0 radical (unpaired) electrons. The monoisotopic (exact) mass is 253 g/mol. The molecule has 2 aromatic carbocycles. The Labute approximate surface area is 114 Å². The molecule has 2 aromatic rings. The number of nitrogens with one attached hydrogen (secondary N) is 1. The van der Waals surface area contributed by atoms with E-state index in [0.29, 0.717) is 6.61 Å². The number of hydrogen-bond donors (Lipinski definition) is 1. The fourth-order valence-corrected chi connectivity index (χ4v) is 2.59. The number of fused-ring (bicyclic) bond motifs is 1. The van der Waals surface area contributed by atoms with Crippen molar-refractivity contribution in [2.75, 3.05) is 6.54 Å². The van der Waals surface area contributed by atoms with Gasteiger partial charge in [-0.05, 0) is 54.3 Å². The molecule has 1 heterocycles. The van der Waals surface area contributed by atoms with E-state index in [4.69, 9.17) is 4.74 Å². The minimum Gasteiger partial charge on any atom is -0.489 e. The van der Waals surface area contributed by atoms with E-state index in [2.05, 4.69) is 42.6 Å². The lowest BCUT2D eigenvalue weighted by Gasteiger charge is -2.20. The van der Waals surface area contributed by atoms with Crippen LogP contribution in [0.4, 0.5) is 0 Å². The van der Waals surface area contributed by atoms with Crippen LogP contribution < -0.4 is 10.1 Å². The van der Waals surface area contributed by atoms with E-state index in [9.17, 15) is 0 Å². The summed E-state index contributed by atoms with van der Waals surface area (Å²) in [6.45, 7) is 4.77. The zero-order valence-electron chi connectivity index (χ0n) is 11.3. The highest BCUT2D eigenvalue weighted by Crippen LogP contribution is 2.21. The van der Waals surface area contributed by atoms with E-state index >= 15 is 0 Å². The van der Waals surface area contributed by atoms with Crippen LogP contribution >= 0.6 is 0 Å². The molecule has 0 atom stereocenters. The van der Waals surface area contributed by atoms with Crippen LogP contribution in [-0.2, 0) is 19.6 Å². The predicted octanol–water partition coefficient (Wildman–Crippen LogP) is 3.22. The smallest absolute Gasteiger partial charge is 0.120 e. The molecule has 0 saturated carbocycles. The van der Waals surface area contributed by atoms with Gasteiger partial charge >= 0.3 is 0 Å². The van der Waals surface area contributed by atoms with Crippen molar-refractivity contribution in [2.45, 2.75) is 26.5 Å². The van der Waals surface area contributed by atoms with Crippen molar-refractivity contribution >= 4 is 0 Å². The predicted molar refractivity (Wildman–Crippen MR) is 77.4 cm³/mol. The first kappa shape index (κ1) is 12.2. The van der Waals surface area contributed by atoms with Gasteiger partial charge in [-0.25, -0.2) is 0 Å². The summed E-state index contributed by atoms with van der Waals surface area (Å²) >= 11 is 0. The fourth-order valence-electron chi connectivity index (χ4n) is 2.59. The lowest BCUT2D eigenvalue weighted by molar-refractivity contribution is 0.304. The average molecular weight is 253 g/mol. The summed E-state index contributed by atoms with van der Waals surface area (Å²) in [5.74, 6) is 0.946. The van der Waals surface area contributed by atoms with Crippen LogP contribution in [0.3, 0.4) is 0 Å². The van der Waals surface area contributed by atoms with Gasteiger partial charge in [0.1, 0.15) is 12.4 Å². The normalized spacial score (nSPS) is 13.9. The van der Waals surface area contributed by atoms with Crippen LogP contribution in [0.2, 0.25) is 0 Å². The Morgan fingerprint density at radius 2 is 2.05 bits per heavy atom. The molecule has 0 amide bonds. The van der Waals surface area contributed by atoms with Gasteiger partial charge in [-0.3, -0.25) is 0 Å². The van der Waals surface area contributed by atoms with Gasteiger partial charge in [0.15, 0.2) is 0 Å². The van der Waals surface area contributed by atoms with Crippen LogP contribution in [0, 0.1) is 6.92 Å². The van der Waals surface area contributed by atoms with Crippen molar-refractivity contribution in [1.82, 2.24) is 5.32 Å². The van der Waals surface area contributed by atoms with Gasteiger partial charge in [0.2, 0.25) is 0 Å². The molecular weight excluding hydrogens is 234 g/mol. The molecule has 0 aromatic heterocycles. The highest BCUT2D eigenvalue weighted by molar-refractivity contribution is 5.37. The second kappa shape index (κ2) is 5.45. The van der Waals surface area contributed by atoms with E-state index < -0.39 is 0 Å². The van der Waals surface area contributed by atoms with Gasteiger partial charge < -0.3 is 10.1 Å². The van der Waals surface area contributed by atoms with Crippen molar-refractivity contribution in [3.63, 3.8) is 0 Å². The maximum atomic E-state index is 5.91. The first-order chi connectivity index (χ1) is 9.33. The minimum atomic E-state index is 0.647. The van der Waals surface area contributed by atoms with Crippen LogP contribution in [0.15, 0.2) is 42.5 Å². The molecule has 19 heavy (non-hydrogen) atoms. The van der Waals surface area contributed by atoms with E-state index in [1.807, 2.05) is 12.1 Å². The molecule has 2 nitrogen and oxygen atoms in total. The molecule has 0 spiro atoms. The molecule has 98 valence electrons. The Morgan fingerprint density at radius 3 is 2.95 bits per heavy atom. The highest BCUT2D eigenvalue weighted by atomic mass is 16.5. The Hall–Kier alpha value is -1.80. The molecular formula is C17H19NO. The van der Waals surface area contributed by atoms with Crippen molar-refractivity contribution in [3.8, 4) is 5.75 Å². The van der Waals surface area contributed by atoms with Crippen LogP contribution in [0.25, 0.3) is 0 Å². The van der Waals surface area contributed by atoms with E-state index in [0.717, 1.165) is 25.3 Å². The standard InChI is InChI=1S/C17H19NO/c1-13-4-2-7-16(10-13)19-12-15-6-3-5-14-8-9-18-11-17(14)15/h2-7,10,18H,8-9,11-12H2,1H3. The summed E-state index contributed by atoms with van der Waals surface area (Å²) in [6, 6.07) is 14.7. The van der Waals surface area contributed by atoms with Crippen molar-refractivity contribution in [1.29, 1.82) is 0 Å². The molecule has 1 aliphatic rings. The number of rotatable bonds is 3. The summed E-state index contributed by atoms with van der Waals surface area (Å²) < 4.78 is 5.91. The fraction of sp³-hybridized carbons (Fsp3) is 0.294. The number of hydrogen-bond acceptors (Lipinski definition) is 2. The Bertz CT molecular complexity index is 577. The Balaban J connectivity index is 1.77. The molecule has 0 fully saturated rings. The molecule has 0 saturated heterocycles. The zero-order chi connectivity index (χ0) is 13.1. The second-order valence-corrected chi connectivity index (χ2v) is 5.09. The summed E-state index contributed by atoms with van der Waals surface area (Å²) in [6.07, 6.45) is 1.12. The van der Waals surface area contributed by atoms with Crippen molar-refractivity contribution < 1.29 is 4.74 Å². The van der Waals surface area contributed by atoms with Crippen LogP contribution in [-0.4, -0.2) is 6.54 Å². The van der Waals surface area contributed by atoms with Crippen LogP contribution in [0.5, 0.6) is 5.75 Å². The van der Waals surface area contributed by atoms with Gasteiger partial charge in [-0.1, -0.05) is 30.3 Å². The van der Waals surface area contributed by atoms with Gasteiger partial charge in [0.05, 0.1) is 0 Å². The maximum absolute atomic E-state index is 5.91. The molecule has 3 rings (SSSR count). The van der Waals surface area contributed by atoms with Gasteiger partial charge in [0, 0.05) is 6.54 Å². The molecule has 0 aliphatic carbocycles. The third kappa shape index (κ3) is 2.79. The first-order valence-electron chi connectivity index (χ1n) is 6.83. The van der Waals surface area contributed by atoms with Crippen molar-refractivity contribution in [3.05, 3.63) is 64.7 Å². The van der Waals surface area contributed by atoms with E-state index in [1.54, 1.807) is 0 Å². The Kier molecular flexibility index (Phi) is 3.51. The number of ether oxygens (including phenoxy) is 1. The second-order valence-electron chi connectivity index (χ2n) is 5.09. The molecule has 1 aliphatic heterocycles. The molecule has 0 unspecified atom stereocenters. The topological polar surface area (TPSA) is 21.3 Å². The SMILES string of the molecule is Cc1cccc(OCc2cccc3c2CNCC3)c1. The number of benzene rings is 2. The largest absolute Gasteiger partial charge is 0.489 e. The minimum absolute atomic E-state index is 0.647. The van der Waals surface area contributed by atoms with Crippen LogP contribution in [0.1, 0.15) is 22.3 Å². The average Bonchev–Trinajstić information content (AvgIpc) is 2.45. The molecule has 1 N–H and O–H groups in total. The maximum Gasteiger partial charge on any atom is 0.120 e. The number of aryl methyl sites for hydroxylation is 1. The summed E-state index contributed by atoms with van der Waals surface area (Å²) in [5.41, 5.74) is 5.41. The third-order valence-corrected chi connectivity index (χ3v) is 3.63. The Morgan fingerprint density at radius 1 is 1.16 bits per heavy atom. The lowest BCUT2D eigenvalue weighted by atomic mass is 9.96. The molecule has 2 heteroatoms. The summed E-state index contributed by atoms with van der Waals surface area (Å²) in [5, 5.41) is 3.43. The quantitative estimate of drug-likeness (QED) is 0.907. The third-order valence-electron chi connectivity index (χ3n) is 3.63.